The molecule has 1 atom stereocenters. The molecule has 1 saturated heterocycles. The molecule has 29 heavy (non-hydrogen) atoms. The van der Waals surface area contributed by atoms with E-state index in [0.717, 1.165) is 11.8 Å². The molecule has 0 unspecified atom stereocenters. The van der Waals surface area contributed by atoms with Gasteiger partial charge >= 0.3 is 6.18 Å². The van der Waals surface area contributed by atoms with E-state index in [-0.39, 0.29) is 18.1 Å². The highest BCUT2D eigenvalue weighted by Crippen LogP contribution is 2.33. The maximum absolute atomic E-state index is 13.3. The second-order valence-electron chi connectivity index (χ2n) is 6.79. The minimum atomic E-state index is -4.39. The van der Waals surface area contributed by atoms with Gasteiger partial charge < -0.3 is 9.64 Å². The minimum absolute atomic E-state index is 0.104. The van der Waals surface area contributed by atoms with E-state index < -0.39 is 11.7 Å². The molecule has 0 bridgehead atoms. The van der Waals surface area contributed by atoms with E-state index in [9.17, 15) is 13.2 Å². The van der Waals surface area contributed by atoms with E-state index in [4.69, 9.17) is 4.74 Å². The van der Waals surface area contributed by atoms with Crippen LogP contribution in [0.5, 0.6) is 0 Å². The number of benzene rings is 1. The molecule has 8 heteroatoms. The SMILES string of the molecule is FC(F)(F)c1ccccc1Cc1cccc([C@H]2CN(c3cncnc3)CCO2)n1. The Kier molecular flexibility index (Phi) is 5.44. The molecular weight excluding hydrogens is 381 g/mol. The van der Waals surface area contributed by atoms with Crippen LogP contribution in [0.4, 0.5) is 18.9 Å². The average molecular weight is 400 g/mol. The summed E-state index contributed by atoms with van der Waals surface area (Å²) in [6.07, 6.45) is 0.402. The standard InChI is InChI=1S/C21H19F3N4O/c22-21(23,24)18-6-2-1-4-15(18)10-16-5-3-7-19(27-16)20-13-28(8-9-29-20)17-11-25-14-26-12-17/h1-7,11-12,14,20H,8-10,13H2/t20-/m1/s1. The summed E-state index contributed by atoms with van der Waals surface area (Å²) in [5, 5.41) is 0. The van der Waals surface area contributed by atoms with E-state index in [1.165, 1.54) is 18.5 Å². The topological polar surface area (TPSA) is 51.1 Å². The van der Waals surface area contributed by atoms with Crippen LogP contribution < -0.4 is 4.90 Å². The number of anilines is 1. The van der Waals surface area contributed by atoms with Crippen LogP contribution in [-0.2, 0) is 17.3 Å². The Morgan fingerprint density at radius 3 is 2.62 bits per heavy atom. The van der Waals surface area contributed by atoms with Crippen LogP contribution in [0.1, 0.15) is 28.6 Å². The fourth-order valence-electron chi connectivity index (χ4n) is 3.44. The highest BCUT2D eigenvalue weighted by atomic mass is 19.4. The van der Waals surface area contributed by atoms with E-state index in [2.05, 4.69) is 19.9 Å². The Bertz CT molecular complexity index is 965. The average Bonchev–Trinajstić information content (AvgIpc) is 2.74. The maximum Gasteiger partial charge on any atom is 0.416 e. The Morgan fingerprint density at radius 2 is 1.83 bits per heavy atom. The van der Waals surface area contributed by atoms with Crippen molar-refractivity contribution in [3.8, 4) is 0 Å². The summed E-state index contributed by atoms with van der Waals surface area (Å²) in [6, 6.07) is 11.0. The van der Waals surface area contributed by atoms with Crippen LogP contribution >= 0.6 is 0 Å². The Hall–Kier alpha value is -3.00. The van der Waals surface area contributed by atoms with Gasteiger partial charge in [-0.25, -0.2) is 9.97 Å². The number of hydrogen-bond acceptors (Lipinski definition) is 5. The van der Waals surface area contributed by atoms with E-state index in [0.29, 0.717) is 31.1 Å². The van der Waals surface area contributed by atoms with Crippen molar-refractivity contribution in [3.63, 3.8) is 0 Å². The summed E-state index contributed by atoms with van der Waals surface area (Å²) < 4.78 is 45.7. The summed E-state index contributed by atoms with van der Waals surface area (Å²) in [5.41, 5.74) is 1.75. The molecule has 1 fully saturated rings. The van der Waals surface area contributed by atoms with Crippen molar-refractivity contribution in [2.75, 3.05) is 24.6 Å². The second-order valence-corrected chi connectivity index (χ2v) is 6.79. The highest BCUT2D eigenvalue weighted by Gasteiger charge is 2.33. The quantitative estimate of drug-likeness (QED) is 0.661. The van der Waals surface area contributed by atoms with E-state index >= 15 is 0 Å². The van der Waals surface area contributed by atoms with Gasteiger partial charge in [-0.2, -0.15) is 13.2 Å². The Morgan fingerprint density at radius 1 is 1.03 bits per heavy atom. The lowest BCUT2D eigenvalue weighted by Crippen LogP contribution is -2.38. The first kappa shape index (κ1) is 19.3. The molecule has 0 amide bonds. The molecule has 1 aromatic carbocycles. The van der Waals surface area contributed by atoms with Gasteiger partial charge in [0.05, 0.1) is 42.5 Å². The molecule has 0 radical (unpaired) electrons. The minimum Gasteiger partial charge on any atom is -0.368 e. The van der Waals surface area contributed by atoms with Crippen molar-refractivity contribution in [2.24, 2.45) is 0 Å². The van der Waals surface area contributed by atoms with Crippen molar-refractivity contribution in [1.29, 1.82) is 0 Å². The number of nitrogens with zero attached hydrogens (tertiary/aromatic N) is 4. The van der Waals surface area contributed by atoms with Crippen LogP contribution in [0, 0.1) is 0 Å². The van der Waals surface area contributed by atoms with Crippen molar-refractivity contribution in [1.82, 2.24) is 15.0 Å². The third-order valence-corrected chi connectivity index (χ3v) is 4.83. The molecule has 2 aromatic heterocycles. The van der Waals surface area contributed by atoms with Crippen LogP contribution in [0.3, 0.4) is 0 Å². The number of aromatic nitrogens is 3. The fourth-order valence-corrected chi connectivity index (χ4v) is 3.44. The van der Waals surface area contributed by atoms with Crippen molar-refractivity contribution in [3.05, 3.63) is 83.7 Å². The van der Waals surface area contributed by atoms with Gasteiger partial charge in [0.1, 0.15) is 12.4 Å². The molecule has 0 N–H and O–H groups in total. The van der Waals surface area contributed by atoms with Gasteiger partial charge in [0, 0.05) is 18.7 Å². The third-order valence-electron chi connectivity index (χ3n) is 4.83. The summed E-state index contributed by atoms with van der Waals surface area (Å²) in [5.74, 6) is 0. The molecule has 0 aliphatic carbocycles. The van der Waals surface area contributed by atoms with Gasteiger partial charge in [-0.1, -0.05) is 24.3 Å². The number of hydrogen-bond donors (Lipinski definition) is 0. The number of morpholine rings is 1. The molecule has 3 heterocycles. The monoisotopic (exact) mass is 400 g/mol. The smallest absolute Gasteiger partial charge is 0.368 e. The molecule has 0 spiro atoms. The first-order chi connectivity index (χ1) is 14.0. The Labute approximate surface area is 166 Å². The molecule has 0 saturated carbocycles. The van der Waals surface area contributed by atoms with Crippen LogP contribution in [-0.4, -0.2) is 34.6 Å². The lowest BCUT2D eigenvalue weighted by molar-refractivity contribution is -0.138. The molecule has 150 valence electrons. The first-order valence-corrected chi connectivity index (χ1v) is 9.23. The predicted octanol–water partition coefficient (Wildman–Crippen LogP) is 4.06. The number of halogens is 3. The van der Waals surface area contributed by atoms with Crippen LogP contribution in [0.25, 0.3) is 0 Å². The molecule has 5 nitrogen and oxygen atoms in total. The molecule has 4 rings (SSSR count). The zero-order chi connectivity index (χ0) is 20.3. The zero-order valence-corrected chi connectivity index (χ0v) is 15.5. The third kappa shape index (κ3) is 4.54. The van der Waals surface area contributed by atoms with Gasteiger partial charge in [-0.15, -0.1) is 0 Å². The lowest BCUT2D eigenvalue weighted by Gasteiger charge is -2.33. The number of ether oxygens (including phenoxy) is 1. The largest absolute Gasteiger partial charge is 0.416 e. The lowest BCUT2D eigenvalue weighted by atomic mass is 10.0. The molecule has 1 aliphatic rings. The first-order valence-electron chi connectivity index (χ1n) is 9.23. The van der Waals surface area contributed by atoms with Crippen molar-refractivity contribution >= 4 is 5.69 Å². The van der Waals surface area contributed by atoms with Gasteiger partial charge in [0.25, 0.3) is 0 Å². The number of alkyl halides is 3. The van der Waals surface area contributed by atoms with Crippen molar-refractivity contribution < 1.29 is 17.9 Å². The second kappa shape index (κ2) is 8.16. The van der Waals surface area contributed by atoms with Crippen LogP contribution in [0.15, 0.2) is 61.2 Å². The van der Waals surface area contributed by atoms with Gasteiger partial charge in [0.2, 0.25) is 0 Å². The van der Waals surface area contributed by atoms with Gasteiger partial charge in [-0.3, -0.25) is 4.98 Å². The van der Waals surface area contributed by atoms with Gasteiger partial charge in [0.15, 0.2) is 0 Å². The molecular formula is C21H19F3N4O. The zero-order valence-electron chi connectivity index (χ0n) is 15.5. The number of pyridine rings is 1. The van der Waals surface area contributed by atoms with E-state index in [1.807, 2.05) is 12.1 Å². The fraction of sp³-hybridized carbons (Fsp3) is 0.286. The molecule has 1 aliphatic heterocycles. The molecule has 3 aromatic rings. The Balaban J connectivity index is 1.54. The van der Waals surface area contributed by atoms with Gasteiger partial charge in [-0.05, 0) is 23.8 Å². The summed E-state index contributed by atoms with van der Waals surface area (Å²) in [6.45, 7) is 1.80. The van der Waals surface area contributed by atoms with E-state index in [1.54, 1.807) is 24.5 Å². The summed E-state index contributed by atoms with van der Waals surface area (Å²) >= 11 is 0. The van der Waals surface area contributed by atoms with Crippen molar-refractivity contribution in [2.45, 2.75) is 18.7 Å². The van der Waals surface area contributed by atoms with Crippen LogP contribution in [0.2, 0.25) is 0 Å². The number of rotatable bonds is 4. The summed E-state index contributed by atoms with van der Waals surface area (Å²) in [4.78, 5) is 14.8. The normalized spacial score (nSPS) is 17.3. The highest BCUT2D eigenvalue weighted by molar-refractivity contribution is 5.42. The summed E-state index contributed by atoms with van der Waals surface area (Å²) in [7, 11) is 0. The predicted molar refractivity (Wildman–Crippen MR) is 101 cm³/mol. The maximum atomic E-state index is 13.3.